The van der Waals surface area contributed by atoms with Crippen molar-refractivity contribution in [3.8, 4) is 0 Å². The summed E-state index contributed by atoms with van der Waals surface area (Å²) in [5, 5.41) is 5.89. The van der Waals surface area contributed by atoms with Gasteiger partial charge in [-0.05, 0) is 50.1 Å². The molecule has 5 heteroatoms. The molecule has 0 aliphatic rings. The molecule has 2 amide bonds. The average molecular weight is 410 g/mol. The van der Waals surface area contributed by atoms with Gasteiger partial charge in [-0.3, -0.25) is 14.5 Å². The molecular formula is C25H35N3O2. The molecule has 2 unspecified atom stereocenters. The minimum Gasteiger partial charge on any atom is -0.350 e. The van der Waals surface area contributed by atoms with E-state index >= 15 is 0 Å². The first-order valence-corrected chi connectivity index (χ1v) is 10.7. The van der Waals surface area contributed by atoms with Crippen molar-refractivity contribution in [3.05, 3.63) is 71.3 Å². The van der Waals surface area contributed by atoms with Crippen LogP contribution in [0.25, 0.3) is 0 Å². The molecule has 0 aromatic heterocycles. The van der Waals surface area contributed by atoms with E-state index in [-0.39, 0.29) is 17.7 Å². The Bertz CT molecular complexity index is 803. The smallest absolute Gasteiger partial charge is 0.251 e. The SMILES string of the molecule is CCC(C)C(NC(=O)c1ccccc1)C(=O)NCc1ccc(CN(C)C(C)C)cc1. The third-order valence-corrected chi connectivity index (χ3v) is 5.62. The van der Waals surface area contributed by atoms with Crippen LogP contribution in [-0.2, 0) is 17.9 Å². The molecule has 0 saturated heterocycles. The van der Waals surface area contributed by atoms with Crippen LogP contribution >= 0.6 is 0 Å². The van der Waals surface area contributed by atoms with Crippen LogP contribution < -0.4 is 10.6 Å². The summed E-state index contributed by atoms with van der Waals surface area (Å²) in [6.07, 6.45) is 0.797. The maximum absolute atomic E-state index is 12.8. The Morgan fingerprint density at radius 1 is 0.933 bits per heavy atom. The first-order valence-electron chi connectivity index (χ1n) is 10.7. The Morgan fingerprint density at radius 3 is 2.10 bits per heavy atom. The number of rotatable bonds is 10. The Kier molecular flexibility index (Phi) is 9.06. The van der Waals surface area contributed by atoms with Gasteiger partial charge in [-0.15, -0.1) is 0 Å². The van der Waals surface area contributed by atoms with Crippen molar-refractivity contribution < 1.29 is 9.59 Å². The van der Waals surface area contributed by atoms with Crippen LogP contribution in [0.15, 0.2) is 54.6 Å². The third kappa shape index (κ3) is 6.99. The summed E-state index contributed by atoms with van der Waals surface area (Å²) in [6.45, 7) is 9.68. The van der Waals surface area contributed by atoms with Crippen LogP contribution in [0, 0.1) is 5.92 Å². The highest BCUT2D eigenvalue weighted by molar-refractivity contribution is 5.97. The lowest BCUT2D eigenvalue weighted by Crippen LogP contribution is -2.50. The van der Waals surface area contributed by atoms with Crippen molar-refractivity contribution in [1.82, 2.24) is 15.5 Å². The maximum Gasteiger partial charge on any atom is 0.251 e. The first-order chi connectivity index (χ1) is 14.3. The molecule has 162 valence electrons. The molecule has 2 atom stereocenters. The van der Waals surface area contributed by atoms with Gasteiger partial charge in [0.1, 0.15) is 6.04 Å². The number of benzene rings is 2. The molecule has 2 N–H and O–H groups in total. The molecule has 0 aliphatic carbocycles. The predicted molar refractivity (Wildman–Crippen MR) is 122 cm³/mol. The van der Waals surface area contributed by atoms with Gasteiger partial charge in [0.25, 0.3) is 5.91 Å². The molecule has 0 spiro atoms. The van der Waals surface area contributed by atoms with E-state index in [1.807, 2.05) is 44.2 Å². The summed E-state index contributed by atoms with van der Waals surface area (Å²) in [7, 11) is 2.11. The zero-order chi connectivity index (χ0) is 22.1. The van der Waals surface area contributed by atoms with Crippen LogP contribution in [0.1, 0.15) is 55.6 Å². The highest BCUT2D eigenvalue weighted by Gasteiger charge is 2.26. The van der Waals surface area contributed by atoms with Gasteiger partial charge in [0.15, 0.2) is 0 Å². The minimum absolute atomic E-state index is 0.0339. The van der Waals surface area contributed by atoms with Gasteiger partial charge in [0, 0.05) is 24.7 Å². The molecule has 30 heavy (non-hydrogen) atoms. The zero-order valence-electron chi connectivity index (χ0n) is 18.8. The van der Waals surface area contributed by atoms with Crippen LogP contribution in [0.3, 0.4) is 0 Å². The number of carbonyl (C=O) groups excluding carboxylic acids is 2. The fourth-order valence-corrected chi connectivity index (χ4v) is 3.05. The molecule has 0 saturated carbocycles. The highest BCUT2D eigenvalue weighted by atomic mass is 16.2. The summed E-state index contributed by atoms with van der Waals surface area (Å²) in [5.41, 5.74) is 2.84. The second kappa shape index (κ2) is 11.5. The summed E-state index contributed by atoms with van der Waals surface area (Å²) < 4.78 is 0. The molecule has 0 radical (unpaired) electrons. The molecule has 2 aromatic rings. The monoisotopic (exact) mass is 409 g/mol. The number of hydrogen-bond acceptors (Lipinski definition) is 3. The summed E-state index contributed by atoms with van der Waals surface area (Å²) in [5.74, 6) is -0.349. The lowest BCUT2D eigenvalue weighted by atomic mass is 9.97. The molecule has 0 aliphatic heterocycles. The predicted octanol–water partition coefficient (Wildman–Crippen LogP) is 3.99. The molecule has 2 aromatic carbocycles. The Hall–Kier alpha value is -2.66. The zero-order valence-corrected chi connectivity index (χ0v) is 18.8. The van der Waals surface area contributed by atoms with E-state index in [9.17, 15) is 9.59 Å². The summed E-state index contributed by atoms with van der Waals surface area (Å²) >= 11 is 0. The van der Waals surface area contributed by atoms with Gasteiger partial charge >= 0.3 is 0 Å². The quantitative estimate of drug-likeness (QED) is 0.624. The fraction of sp³-hybridized carbons (Fsp3) is 0.440. The van der Waals surface area contributed by atoms with Crippen molar-refractivity contribution >= 4 is 11.8 Å². The van der Waals surface area contributed by atoms with Crippen LogP contribution in [0.2, 0.25) is 0 Å². The van der Waals surface area contributed by atoms with Gasteiger partial charge in [-0.2, -0.15) is 0 Å². The van der Waals surface area contributed by atoms with Gasteiger partial charge in [-0.1, -0.05) is 62.7 Å². The Labute approximate surface area is 180 Å². The highest BCUT2D eigenvalue weighted by Crippen LogP contribution is 2.12. The van der Waals surface area contributed by atoms with Crippen molar-refractivity contribution in [3.63, 3.8) is 0 Å². The first kappa shape index (κ1) is 23.6. The van der Waals surface area contributed by atoms with E-state index in [2.05, 4.69) is 48.6 Å². The van der Waals surface area contributed by atoms with Crippen molar-refractivity contribution in [2.75, 3.05) is 7.05 Å². The average Bonchev–Trinajstić information content (AvgIpc) is 2.76. The van der Waals surface area contributed by atoms with E-state index in [1.165, 1.54) is 5.56 Å². The fourth-order valence-electron chi connectivity index (χ4n) is 3.05. The van der Waals surface area contributed by atoms with Gasteiger partial charge in [-0.25, -0.2) is 0 Å². The number of hydrogen-bond donors (Lipinski definition) is 2. The van der Waals surface area contributed by atoms with E-state index in [1.54, 1.807) is 12.1 Å². The summed E-state index contributed by atoms with van der Waals surface area (Å²) in [4.78, 5) is 27.7. The third-order valence-electron chi connectivity index (χ3n) is 5.62. The lowest BCUT2D eigenvalue weighted by molar-refractivity contribution is -0.124. The molecule has 5 nitrogen and oxygen atoms in total. The van der Waals surface area contributed by atoms with Crippen molar-refractivity contribution in [2.24, 2.45) is 5.92 Å². The van der Waals surface area contributed by atoms with Gasteiger partial charge < -0.3 is 10.6 Å². The number of amides is 2. The lowest BCUT2D eigenvalue weighted by Gasteiger charge is -2.24. The minimum atomic E-state index is -0.568. The number of nitrogens with zero attached hydrogens (tertiary/aromatic N) is 1. The standard InChI is InChI=1S/C25H35N3O2/c1-6-19(4)23(27-24(29)22-10-8-7-9-11-22)25(30)26-16-20-12-14-21(15-13-20)17-28(5)18(2)3/h7-15,18-19,23H,6,16-17H2,1-5H3,(H,26,30)(H,27,29). The number of nitrogens with one attached hydrogen (secondary N) is 2. The normalized spacial score (nSPS) is 13.2. The van der Waals surface area contributed by atoms with Gasteiger partial charge in [0.05, 0.1) is 0 Å². The number of carbonyl (C=O) groups is 2. The van der Waals surface area contributed by atoms with E-state index < -0.39 is 6.04 Å². The van der Waals surface area contributed by atoms with Crippen molar-refractivity contribution in [1.29, 1.82) is 0 Å². The Balaban J connectivity index is 1.96. The van der Waals surface area contributed by atoms with Gasteiger partial charge in [0.2, 0.25) is 5.91 Å². The molecule has 2 rings (SSSR count). The molecule has 0 bridgehead atoms. The van der Waals surface area contributed by atoms with E-state index in [0.717, 1.165) is 18.5 Å². The van der Waals surface area contributed by atoms with Crippen LogP contribution in [0.5, 0.6) is 0 Å². The van der Waals surface area contributed by atoms with Crippen molar-refractivity contribution in [2.45, 2.75) is 59.3 Å². The van der Waals surface area contributed by atoms with E-state index in [4.69, 9.17) is 0 Å². The van der Waals surface area contributed by atoms with Crippen LogP contribution in [-0.4, -0.2) is 35.8 Å². The topological polar surface area (TPSA) is 61.4 Å². The molecular weight excluding hydrogens is 374 g/mol. The summed E-state index contributed by atoms with van der Waals surface area (Å²) in [6, 6.07) is 17.2. The second-order valence-electron chi connectivity index (χ2n) is 8.25. The van der Waals surface area contributed by atoms with Crippen LogP contribution in [0.4, 0.5) is 0 Å². The largest absolute Gasteiger partial charge is 0.350 e. The Morgan fingerprint density at radius 2 is 1.53 bits per heavy atom. The molecule has 0 heterocycles. The second-order valence-corrected chi connectivity index (χ2v) is 8.25. The maximum atomic E-state index is 12.8. The molecule has 0 fully saturated rings. The van der Waals surface area contributed by atoms with E-state index in [0.29, 0.717) is 18.2 Å².